The molecule has 0 amide bonds. The molecule has 1 atom stereocenters. The lowest BCUT2D eigenvalue weighted by atomic mass is 10.2. The number of rotatable bonds is 8. The van der Waals surface area contributed by atoms with E-state index in [-0.39, 0.29) is 24.0 Å². The highest BCUT2D eigenvalue weighted by atomic mass is 127. The first-order chi connectivity index (χ1) is 9.27. The van der Waals surface area contributed by atoms with Gasteiger partial charge >= 0.3 is 0 Å². The molecule has 1 unspecified atom stereocenters. The average Bonchev–Trinajstić information content (AvgIpc) is 2.81. The van der Waals surface area contributed by atoms with Gasteiger partial charge in [-0.1, -0.05) is 0 Å². The lowest BCUT2D eigenvalue weighted by Crippen LogP contribution is -2.39. The predicted molar refractivity (Wildman–Crippen MR) is 103 cm³/mol. The number of unbranched alkanes of at least 4 members (excludes halogenated alkanes) is 1. The van der Waals surface area contributed by atoms with Gasteiger partial charge < -0.3 is 15.5 Å². The van der Waals surface area contributed by atoms with Gasteiger partial charge in [-0.3, -0.25) is 4.99 Å². The largest absolute Gasteiger partial charge is 0.357 e. The smallest absolute Gasteiger partial charge is 0.191 e. The molecule has 1 heterocycles. The Morgan fingerprint density at radius 2 is 2.15 bits per heavy atom. The van der Waals surface area contributed by atoms with Gasteiger partial charge in [-0.25, -0.2) is 0 Å². The van der Waals surface area contributed by atoms with Crippen LogP contribution in [0.15, 0.2) is 4.99 Å². The fourth-order valence-corrected chi connectivity index (χ4v) is 2.82. The molecule has 0 bridgehead atoms. The zero-order chi connectivity index (χ0) is 13.9. The summed E-state index contributed by atoms with van der Waals surface area (Å²) < 4.78 is 0. The SMILES string of the molecule is CCNC(=NCC1CCCN1C)NCCCCSC.I. The quantitative estimate of drug-likeness (QED) is 0.277. The number of likely N-dealkylation sites (tertiary alicyclic amines) is 1. The normalized spacial score (nSPS) is 19.8. The van der Waals surface area contributed by atoms with Gasteiger partial charge in [-0.15, -0.1) is 24.0 Å². The molecule has 0 radical (unpaired) electrons. The van der Waals surface area contributed by atoms with Gasteiger partial charge in [0.2, 0.25) is 0 Å². The fourth-order valence-electron chi connectivity index (χ4n) is 2.33. The summed E-state index contributed by atoms with van der Waals surface area (Å²) in [6.45, 7) is 6.20. The Balaban J connectivity index is 0.00000361. The molecule has 0 spiro atoms. The van der Waals surface area contributed by atoms with Gasteiger partial charge in [0.25, 0.3) is 0 Å². The molecule has 20 heavy (non-hydrogen) atoms. The van der Waals surface area contributed by atoms with Gasteiger partial charge in [0.15, 0.2) is 5.96 Å². The van der Waals surface area contributed by atoms with Gasteiger partial charge in [-0.05, 0) is 58.2 Å². The summed E-state index contributed by atoms with van der Waals surface area (Å²) in [4.78, 5) is 7.13. The van der Waals surface area contributed by atoms with Crippen molar-refractivity contribution in [1.82, 2.24) is 15.5 Å². The van der Waals surface area contributed by atoms with Crippen LogP contribution in [0.2, 0.25) is 0 Å². The van der Waals surface area contributed by atoms with Gasteiger partial charge in [0.05, 0.1) is 6.54 Å². The number of aliphatic imine (C=N–C) groups is 1. The second-order valence-corrected chi connectivity index (χ2v) is 6.11. The molecule has 1 rings (SSSR count). The summed E-state index contributed by atoms with van der Waals surface area (Å²) in [5.41, 5.74) is 0. The van der Waals surface area contributed by atoms with Crippen molar-refractivity contribution in [2.75, 3.05) is 45.2 Å². The number of nitrogens with one attached hydrogen (secondary N) is 2. The molecular formula is C14H31IN4S. The van der Waals surface area contributed by atoms with E-state index in [0.29, 0.717) is 6.04 Å². The molecule has 0 saturated carbocycles. The third-order valence-electron chi connectivity index (χ3n) is 3.54. The lowest BCUT2D eigenvalue weighted by Gasteiger charge is -2.18. The monoisotopic (exact) mass is 414 g/mol. The molecule has 0 aromatic rings. The summed E-state index contributed by atoms with van der Waals surface area (Å²) in [5, 5.41) is 6.76. The minimum Gasteiger partial charge on any atom is -0.357 e. The second-order valence-electron chi connectivity index (χ2n) is 5.12. The molecule has 1 fully saturated rings. The molecule has 0 aromatic heterocycles. The van der Waals surface area contributed by atoms with E-state index in [9.17, 15) is 0 Å². The van der Waals surface area contributed by atoms with E-state index >= 15 is 0 Å². The highest BCUT2D eigenvalue weighted by Gasteiger charge is 2.20. The molecule has 0 aliphatic carbocycles. The third kappa shape index (κ3) is 8.56. The molecule has 1 saturated heterocycles. The minimum atomic E-state index is 0. The van der Waals surface area contributed by atoms with Crippen molar-refractivity contribution in [2.24, 2.45) is 4.99 Å². The summed E-state index contributed by atoms with van der Waals surface area (Å²) in [6, 6.07) is 0.631. The van der Waals surface area contributed by atoms with Crippen molar-refractivity contribution in [2.45, 2.75) is 38.6 Å². The van der Waals surface area contributed by atoms with Crippen LogP contribution in [0.25, 0.3) is 0 Å². The zero-order valence-corrected chi connectivity index (χ0v) is 16.3. The van der Waals surface area contributed by atoms with E-state index in [4.69, 9.17) is 4.99 Å². The van der Waals surface area contributed by atoms with Crippen LogP contribution in [0.4, 0.5) is 0 Å². The van der Waals surface area contributed by atoms with Crippen LogP contribution < -0.4 is 10.6 Å². The number of likely N-dealkylation sites (N-methyl/N-ethyl adjacent to an activating group) is 1. The summed E-state index contributed by atoms with van der Waals surface area (Å²) in [5.74, 6) is 2.23. The van der Waals surface area contributed by atoms with Crippen molar-refractivity contribution in [3.8, 4) is 0 Å². The molecule has 120 valence electrons. The van der Waals surface area contributed by atoms with Crippen molar-refractivity contribution in [3.63, 3.8) is 0 Å². The molecule has 1 aliphatic heterocycles. The van der Waals surface area contributed by atoms with Crippen LogP contribution in [0.5, 0.6) is 0 Å². The van der Waals surface area contributed by atoms with Crippen LogP contribution in [0.3, 0.4) is 0 Å². The van der Waals surface area contributed by atoms with Crippen LogP contribution >= 0.6 is 35.7 Å². The first-order valence-electron chi connectivity index (χ1n) is 7.49. The molecule has 4 nitrogen and oxygen atoms in total. The molecule has 0 aromatic carbocycles. The first kappa shape index (κ1) is 20.3. The Kier molecular flexibility index (Phi) is 13.2. The number of thioether (sulfide) groups is 1. The number of halogens is 1. The van der Waals surface area contributed by atoms with Crippen molar-refractivity contribution >= 4 is 41.7 Å². The molecule has 6 heteroatoms. The Morgan fingerprint density at radius 1 is 1.35 bits per heavy atom. The standard InChI is InChI=1S/C14H30N4S.HI/c1-4-15-14(16-9-5-6-11-19-3)17-12-13-8-7-10-18(13)2;/h13H,4-12H2,1-3H3,(H2,15,16,17);1H. The maximum atomic E-state index is 4.71. The van der Waals surface area contributed by atoms with E-state index < -0.39 is 0 Å². The molecule has 2 N–H and O–H groups in total. The van der Waals surface area contributed by atoms with Crippen LogP contribution in [-0.4, -0.2) is 62.1 Å². The summed E-state index contributed by atoms with van der Waals surface area (Å²) in [6.07, 6.45) is 7.26. The van der Waals surface area contributed by atoms with E-state index in [1.54, 1.807) is 0 Å². The van der Waals surface area contributed by atoms with E-state index in [0.717, 1.165) is 25.6 Å². The number of nitrogens with zero attached hydrogens (tertiary/aromatic N) is 2. The minimum absolute atomic E-state index is 0. The summed E-state index contributed by atoms with van der Waals surface area (Å²) >= 11 is 1.92. The van der Waals surface area contributed by atoms with Gasteiger partial charge in [-0.2, -0.15) is 11.8 Å². The first-order valence-corrected chi connectivity index (χ1v) is 8.88. The topological polar surface area (TPSA) is 39.7 Å². The predicted octanol–water partition coefficient (Wildman–Crippen LogP) is 2.40. The fraction of sp³-hybridized carbons (Fsp3) is 0.929. The van der Waals surface area contributed by atoms with Crippen LogP contribution in [0.1, 0.15) is 32.6 Å². The Morgan fingerprint density at radius 3 is 2.75 bits per heavy atom. The zero-order valence-electron chi connectivity index (χ0n) is 13.2. The number of hydrogen-bond donors (Lipinski definition) is 2. The Labute approximate surface area is 145 Å². The Bertz CT molecular complexity index is 264. The van der Waals surface area contributed by atoms with Crippen LogP contribution in [0, 0.1) is 0 Å². The number of hydrogen-bond acceptors (Lipinski definition) is 3. The summed E-state index contributed by atoms with van der Waals surface area (Å²) in [7, 11) is 2.20. The van der Waals surface area contributed by atoms with Crippen LogP contribution in [-0.2, 0) is 0 Å². The Hall–Kier alpha value is 0.310. The maximum Gasteiger partial charge on any atom is 0.191 e. The maximum absolute atomic E-state index is 4.71. The van der Waals surface area contributed by atoms with Crippen molar-refractivity contribution in [1.29, 1.82) is 0 Å². The number of guanidine groups is 1. The van der Waals surface area contributed by atoms with E-state index in [1.165, 1.54) is 38.0 Å². The van der Waals surface area contributed by atoms with Crippen molar-refractivity contribution in [3.05, 3.63) is 0 Å². The average molecular weight is 414 g/mol. The van der Waals surface area contributed by atoms with Gasteiger partial charge in [0, 0.05) is 19.1 Å². The third-order valence-corrected chi connectivity index (χ3v) is 4.24. The molecule has 1 aliphatic rings. The highest BCUT2D eigenvalue weighted by molar-refractivity contribution is 14.0. The highest BCUT2D eigenvalue weighted by Crippen LogP contribution is 2.14. The van der Waals surface area contributed by atoms with E-state index in [1.807, 2.05) is 11.8 Å². The van der Waals surface area contributed by atoms with E-state index in [2.05, 4.69) is 35.8 Å². The lowest BCUT2D eigenvalue weighted by molar-refractivity contribution is 0.317. The van der Waals surface area contributed by atoms with Crippen molar-refractivity contribution < 1.29 is 0 Å². The van der Waals surface area contributed by atoms with Gasteiger partial charge in [0.1, 0.15) is 0 Å². The second kappa shape index (κ2) is 13.0. The molecular weight excluding hydrogens is 383 g/mol.